The van der Waals surface area contributed by atoms with Crippen molar-refractivity contribution in [2.45, 2.75) is 30.8 Å². The summed E-state index contributed by atoms with van der Waals surface area (Å²) in [5.74, 6) is -0.685. The second-order valence-electron chi connectivity index (χ2n) is 6.95. The van der Waals surface area contributed by atoms with E-state index in [1.165, 1.54) is 23.5 Å². The van der Waals surface area contributed by atoms with Crippen LogP contribution >= 0.6 is 0 Å². The minimum Gasteiger partial charge on any atom is -0.360 e. The minimum absolute atomic E-state index is 0.213. The number of aromatic nitrogens is 1. The fourth-order valence-electron chi connectivity index (χ4n) is 3.94. The lowest BCUT2D eigenvalue weighted by Gasteiger charge is -2.25. The molecule has 2 aromatic carbocycles. The highest BCUT2D eigenvalue weighted by Gasteiger charge is 2.44. The fraction of sp³-hybridized carbons (Fsp3) is 0.250. The van der Waals surface area contributed by atoms with Gasteiger partial charge in [-0.25, -0.2) is 12.8 Å². The molecule has 1 amide bonds. The number of H-pyrrole nitrogens is 1. The number of carbonyl (C=O) groups is 1. The van der Waals surface area contributed by atoms with Crippen LogP contribution in [0.15, 0.2) is 47.5 Å². The Hall–Kier alpha value is -2.71. The number of fused-ring (bicyclic) bond motifs is 2. The number of amides is 1. The van der Waals surface area contributed by atoms with Crippen LogP contribution < -0.4 is 5.32 Å². The monoisotopic (exact) mass is 401 g/mol. The van der Waals surface area contributed by atoms with Crippen molar-refractivity contribution in [1.29, 1.82) is 0 Å². The van der Waals surface area contributed by atoms with Gasteiger partial charge in [-0.2, -0.15) is 4.31 Å². The molecule has 1 aliphatic rings. The van der Waals surface area contributed by atoms with Crippen molar-refractivity contribution < 1.29 is 17.6 Å². The van der Waals surface area contributed by atoms with Gasteiger partial charge in [-0.05, 0) is 55.3 Å². The molecule has 2 atom stereocenters. The maximum Gasteiger partial charge on any atom is 0.244 e. The second kappa shape index (κ2) is 6.42. The van der Waals surface area contributed by atoms with E-state index in [1.54, 1.807) is 38.2 Å². The van der Waals surface area contributed by atoms with E-state index in [4.69, 9.17) is 0 Å². The zero-order chi connectivity index (χ0) is 20.2. The van der Waals surface area contributed by atoms with Gasteiger partial charge in [0.1, 0.15) is 11.9 Å². The molecule has 2 unspecified atom stereocenters. The molecule has 0 aliphatic carbocycles. The molecule has 0 saturated heterocycles. The molecule has 8 heteroatoms. The molecule has 2 N–H and O–H groups in total. The molecular weight excluding hydrogens is 381 g/mol. The number of hydrogen-bond donors (Lipinski definition) is 2. The second-order valence-corrected chi connectivity index (χ2v) is 8.76. The summed E-state index contributed by atoms with van der Waals surface area (Å²) in [6.07, 6.45) is 1.78. The van der Waals surface area contributed by atoms with E-state index in [0.717, 1.165) is 16.5 Å². The van der Waals surface area contributed by atoms with Gasteiger partial charge in [-0.15, -0.1) is 0 Å². The Balaban J connectivity index is 1.82. The Morgan fingerprint density at radius 2 is 2.00 bits per heavy atom. The number of halogens is 1. The number of nitrogens with one attached hydrogen (secondary N) is 2. The van der Waals surface area contributed by atoms with Gasteiger partial charge in [0.2, 0.25) is 15.9 Å². The van der Waals surface area contributed by atoms with Gasteiger partial charge in [0, 0.05) is 35.8 Å². The van der Waals surface area contributed by atoms with Gasteiger partial charge in [-0.3, -0.25) is 4.79 Å². The Morgan fingerprint density at radius 1 is 1.25 bits per heavy atom. The van der Waals surface area contributed by atoms with Crippen LogP contribution in [0.4, 0.5) is 4.39 Å². The predicted octanol–water partition coefficient (Wildman–Crippen LogP) is 3.17. The van der Waals surface area contributed by atoms with Crippen molar-refractivity contribution in [3.8, 4) is 11.1 Å². The normalized spacial score (nSPS) is 19.5. The average molecular weight is 401 g/mol. The van der Waals surface area contributed by atoms with Gasteiger partial charge in [-0.1, -0.05) is 6.07 Å². The van der Waals surface area contributed by atoms with E-state index < -0.39 is 22.1 Å². The van der Waals surface area contributed by atoms with Crippen LogP contribution in [-0.2, 0) is 14.8 Å². The summed E-state index contributed by atoms with van der Waals surface area (Å²) in [4.78, 5) is 15.3. The molecule has 3 aromatic rings. The molecule has 1 aliphatic heterocycles. The van der Waals surface area contributed by atoms with Gasteiger partial charge >= 0.3 is 0 Å². The van der Waals surface area contributed by atoms with E-state index in [-0.39, 0.29) is 16.6 Å². The molecule has 1 aromatic heterocycles. The summed E-state index contributed by atoms with van der Waals surface area (Å²) in [6, 6.07) is 8.37. The summed E-state index contributed by atoms with van der Waals surface area (Å²) >= 11 is 0. The van der Waals surface area contributed by atoms with Gasteiger partial charge in [0.25, 0.3) is 0 Å². The molecule has 0 radical (unpaired) electrons. The number of rotatable bonds is 3. The average Bonchev–Trinajstić information content (AvgIpc) is 3.17. The lowest BCUT2D eigenvalue weighted by atomic mass is 9.99. The van der Waals surface area contributed by atoms with Crippen molar-refractivity contribution in [2.24, 2.45) is 0 Å². The highest BCUT2D eigenvalue weighted by Crippen LogP contribution is 2.43. The summed E-state index contributed by atoms with van der Waals surface area (Å²) in [5, 5.41) is 3.36. The Bertz CT molecular complexity index is 1200. The molecule has 2 heterocycles. The number of aromatic amines is 1. The lowest BCUT2D eigenvalue weighted by molar-refractivity contribution is -0.124. The zero-order valence-electron chi connectivity index (χ0n) is 15.7. The molecule has 0 spiro atoms. The van der Waals surface area contributed by atoms with E-state index in [0.29, 0.717) is 11.1 Å². The van der Waals surface area contributed by atoms with Gasteiger partial charge < -0.3 is 10.3 Å². The van der Waals surface area contributed by atoms with Gasteiger partial charge in [0.15, 0.2) is 0 Å². The number of nitrogens with zero attached hydrogens (tertiary/aromatic N) is 1. The standard InChI is InChI=1S/C20H20FN3O3S/c1-11-16-8-13(17-10-23-18-9-14(21)5-6-15(17)18)4-7-19(16)28(26,27)24(11)12(2)20(25)22-3/h4-12,23H,1-3H3,(H,22,25). The third-order valence-corrected chi connectivity index (χ3v) is 7.47. The van der Waals surface area contributed by atoms with Crippen LogP contribution in [-0.4, -0.2) is 36.7 Å². The summed E-state index contributed by atoms with van der Waals surface area (Å²) in [7, 11) is -2.29. The maximum absolute atomic E-state index is 13.5. The summed E-state index contributed by atoms with van der Waals surface area (Å²) in [5.41, 5.74) is 3.00. The van der Waals surface area contributed by atoms with E-state index in [1.807, 2.05) is 6.07 Å². The van der Waals surface area contributed by atoms with Crippen molar-refractivity contribution in [3.63, 3.8) is 0 Å². The summed E-state index contributed by atoms with van der Waals surface area (Å²) in [6.45, 7) is 3.35. The molecule has 0 fully saturated rings. The third-order valence-electron chi connectivity index (χ3n) is 5.36. The van der Waals surface area contributed by atoms with Crippen molar-refractivity contribution in [2.75, 3.05) is 7.05 Å². The predicted molar refractivity (Wildman–Crippen MR) is 105 cm³/mol. The smallest absolute Gasteiger partial charge is 0.244 e. The molecule has 28 heavy (non-hydrogen) atoms. The van der Waals surface area contributed by atoms with E-state index >= 15 is 0 Å². The van der Waals surface area contributed by atoms with Crippen LogP contribution in [0.5, 0.6) is 0 Å². The van der Waals surface area contributed by atoms with Crippen LogP contribution in [0, 0.1) is 5.82 Å². The Labute approximate surface area is 162 Å². The van der Waals surface area contributed by atoms with Crippen LogP contribution in [0.25, 0.3) is 22.0 Å². The SMILES string of the molecule is CNC(=O)C(C)N1C(C)c2cc(-c3c[nH]c4cc(F)ccc34)ccc2S1(=O)=O. The first kappa shape index (κ1) is 18.6. The van der Waals surface area contributed by atoms with Crippen LogP contribution in [0.1, 0.15) is 25.5 Å². The number of carbonyl (C=O) groups excluding carboxylic acids is 1. The van der Waals surface area contributed by atoms with Crippen molar-refractivity contribution >= 4 is 26.8 Å². The fourth-order valence-corrected chi connectivity index (χ4v) is 5.98. The largest absolute Gasteiger partial charge is 0.360 e. The first-order valence-electron chi connectivity index (χ1n) is 8.92. The molecule has 0 saturated carbocycles. The Kier molecular flexibility index (Phi) is 4.28. The van der Waals surface area contributed by atoms with Crippen LogP contribution in [0.2, 0.25) is 0 Å². The van der Waals surface area contributed by atoms with Crippen LogP contribution in [0.3, 0.4) is 0 Å². The molecule has 6 nitrogen and oxygen atoms in total. The van der Waals surface area contributed by atoms with E-state index in [9.17, 15) is 17.6 Å². The highest BCUT2D eigenvalue weighted by molar-refractivity contribution is 7.89. The molecule has 4 rings (SSSR count). The number of hydrogen-bond acceptors (Lipinski definition) is 3. The van der Waals surface area contributed by atoms with Crippen molar-refractivity contribution in [3.05, 3.63) is 54.0 Å². The number of sulfonamides is 1. The minimum atomic E-state index is -3.77. The quantitative estimate of drug-likeness (QED) is 0.707. The molecule has 146 valence electrons. The summed E-state index contributed by atoms with van der Waals surface area (Å²) < 4.78 is 40.7. The number of benzene rings is 2. The zero-order valence-corrected chi connectivity index (χ0v) is 16.5. The molecule has 0 bridgehead atoms. The highest BCUT2D eigenvalue weighted by atomic mass is 32.2. The first-order chi connectivity index (χ1) is 13.3. The topological polar surface area (TPSA) is 82.3 Å². The maximum atomic E-state index is 13.5. The van der Waals surface area contributed by atoms with E-state index in [2.05, 4.69) is 10.3 Å². The third kappa shape index (κ3) is 2.63. The number of likely N-dealkylation sites (N-methyl/N-ethyl adjacent to an activating group) is 1. The molecular formula is C20H20FN3O3S. The van der Waals surface area contributed by atoms with Gasteiger partial charge in [0.05, 0.1) is 4.90 Å². The first-order valence-corrected chi connectivity index (χ1v) is 10.4. The van der Waals surface area contributed by atoms with Crippen molar-refractivity contribution in [1.82, 2.24) is 14.6 Å². The Morgan fingerprint density at radius 3 is 2.71 bits per heavy atom. The lowest BCUT2D eigenvalue weighted by Crippen LogP contribution is -2.45.